The molecule has 110 valence electrons. The number of hydrogen-bond acceptors (Lipinski definition) is 4. The maximum atomic E-state index is 11.6. The Morgan fingerprint density at radius 2 is 1.95 bits per heavy atom. The van der Waals surface area contributed by atoms with E-state index >= 15 is 0 Å². The Kier molecular flexibility index (Phi) is 7.19. The summed E-state index contributed by atoms with van der Waals surface area (Å²) in [6.07, 6.45) is 0.832. The molecule has 0 aromatic rings. The number of carbonyl (C=O) groups excluding carboxylic acids is 2. The Morgan fingerprint density at radius 3 is 2.42 bits per heavy atom. The van der Waals surface area contributed by atoms with Gasteiger partial charge in [0.2, 0.25) is 0 Å². The van der Waals surface area contributed by atoms with Gasteiger partial charge in [-0.25, -0.2) is 9.59 Å². The molecule has 0 fully saturated rings. The monoisotopic (exact) mass is 271 g/mol. The minimum absolute atomic E-state index is 0.0212. The van der Waals surface area contributed by atoms with Crippen LogP contribution in [0, 0.1) is 0 Å². The van der Waals surface area contributed by atoms with E-state index in [1.165, 1.54) is 0 Å². The third-order valence-electron chi connectivity index (χ3n) is 2.42. The Labute approximate surface area is 115 Å². The molecule has 1 unspecified atom stereocenters. The van der Waals surface area contributed by atoms with Gasteiger partial charge in [0, 0.05) is 11.1 Å². The largest absolute Gasteiger partial charge is 0.458 e. The zero-order chi connectivity index (χ0) is 15.1. The van der Waals surface area contributed by atoms with Gasteiger partial charge in [-0.05, 0) is 34.1 Å². The Balaban J connectivity index is 4.06. The van der Waals surface area contributed by atoms with Gasteiger partial charge in [0.05, 0.1) is 0 Å². The molecule has 0 spiro atoms. The van der Waals surface area contributed by atoms with E-state index in [4.69, 9.17) is 9.47 Å². The summed E-state index contributed by atoms with van der Waals surface area (Å²) in [6, 6.07) is 0. The SMILES string of the molecule is C=C(C)C(=O)OCC(C)OC(=O)NC(C)(C)CCC. The van der Waals surface area contributed by atoms with Crippen molar-refractivity contribution in [1.29, 1.82) is 0 Å². The first kappa shape index (κ1) is 17.5. The zero-order valence-corrected chi connectivity index (χ0v) is 12.5. The number of rotatable bonds is 7. The van der Waals surface area contributed by atoms with Crippen LogP contribution in [0.1, 0.15) is 47.5 Å². The highest BCUT2D eigenvalue weighted by Crippen LogP contribution is 2.11. The van der Waals surface area contributed by atoms with Crippen molar-refractivity contribution in [3.8, 4) is 0 Å². The van der Waals surface area contributed by atoms with Gasteiger partial charge in [-0.3, -0.25) is 0 Å². The van der Waals surface area contributed by atoms with Crippen LogP contribution in [0.25, 0.3) is 0 Å². The van der Waals surface area contributed by atoms with Crippen molar-refractivity contribution in [3.05, 3.63) is 12.2 Å². The average molecular weight is 271 g/mol. The van der Waals surface area contributed by atoms with Crippen molar-refractivity contribution in [3.63, 3.8) is 0 Å². The minimum atomic E-state index is -0.502. The van der Waals surface area contributed by atoms with Crippen molar-refractivity contribution in [2.75, 3.05) is 6.61 Å². The minimum Gasteiger partial charge on any atom is -0.458 e. The first-order valence-corrected chi connectivity index (χ1v) is 6.49. The normalized spacial score (nSPS) is 12.5. The molecule has 1 N–H and O–H groups in total. The quantitative estimate of drug-likeness (QED) is 0.571. The second-order valence-electron chi connectivity index (χ2n) is 5.35. The second-order valence-corrected chi connectivity index (χ2v) is 5.35. The molecule has 5 nitrogen and oxygen atoms in total. The fourth-order valence-electron chi connectivity index (χ4n) is 1.53. The summed E-state index contributed by atoms with van der Waals surface area (Å²) in [5.74, 6) is -0.484. The highest BCUT2D eigenvalue weighted by atomic mass is 16.6. The highest BCUT2D eigenvalue weighted by molar-refractivity contribution is 5.86. The van der Waals surface area contributed by atoms with E-state index in [1.54, 1.807) is 13.8 Å². The van der Waals surface area contributed by atoms with Crippen LogP contribution in [0.2, 0.25) is 0 Å². The number of alkyl carbamates (subject to hydrolysis) is 1. The zero-order valence-electron chi connectivity index (χ0n) is 12.5. The van der Waals surface area contributed by atoms with Crippen LogP contribution in [0.15, 0.2) is 12.2 Å². The number of hydrogen-bond donors (Lipinski definition) is 1. The van der Waals surface area contributed by atoms with E-state index in [9.17, 15) is 9.59 Å². The van der Waals surface area contributed by atoms with Crippen molar-refractivity contribution in [2.24, 2.45) is 0 Å². The maximum absolute atomic E-state index is 11.6. The predicted octanol–water partition coefficient (Wildman–Crippen LogP) is 2.80. The molecule has 0 heterocycles. The van der Waals surface area contributed by atoms with E-state index in [0.29, 0.717) is 5.57 Å². The van der Waals surface area contributed by atoms with Crippen LogP contribution in [-0.2, 0) is 14.3 Å². The van der Waals surface area contributed by atoms with Gasteiger partial charge in [0.25, 0.3) is 0 Å². The topological polar surface area (TPSA) is 64.6 Å². The molecule has 1 amide bonds. The summed E-state index contributed by atoms with van der Waals surface area (Å²) in [4.78, 5) is 22.8. The van der Waals surface area contributed by atoms with Crippen molar-refractivity contribution in [2.45, 2.75) is 59.1 Å². The van der Waals surface area contributed by atoms with Crippen molar-refractivity contribution in [1.82, 2.24) is 5.32 Å². The second kappa shape index (κ2) is 7.81. The van der Waals surface area contributed by atoms with E-state index < -0.39 is 18.2 Å². The highest BCUT2D eigenvalue weighted by Gasteiger charge is 2.21. The number of amides is 1. The molecule has 0 saturated carbocycles. The summed E-state index contributed by atoms with van der Waals surface area (Å²) in [5, 5.41) is 2.78. The first-order chi connectivity index (χ1) is 8.68. The van der Waals surface area contributed by atoms with Crippen LogP contribution in [-0.4, -0.2) is 30.3 Å². The van der Waals surface area contributed by atoms with Crippen molar-refractivity contribution >= 4 is 12.1 Å². The average Bonchev–Trinajstić information content (AvgIpc) is 2.24. The third-order valence-corrected chi connectivity index (χ3v) is 2.42. The van der Waals surface area contributed by atoms with E-state index in [1.807, 2.05) is 13.8 Å². The molecular weight excluding hydrogens is 246 g/mol. The number of esters is 1. The van der Waals surface area contributed by atoms with Crippen LogP contribution in [0.5, 0.6) is 0 Å². The van der Waals surface area contributed by atoms with Gasteiger partial charge < -0.3 is 14.8 Å². The molecule has 0 aliphatic carbocycles. The van der Waals surface area contributed by atoms with E-state index in [0.717, 1.165) is 12.8 Å². The summed E-state index contributed by atoms with van der Waals surface area (Å²) in [6.45, 7) is 12.6. The van der Waals surface area contributed by atoms with Crippen LogP contribution in [0.3, 0.4) is 0 Å². The Hall–Kier alpha value is -1.52. The third kappa shape index (κ3) is 8.24. The molecule has 0 aliphatic rings. The number of nitrogens with one attached hydrogen (secondary N) is 1. The standard InChI is InChI=1S/C14H25NO4/c1-7-8-14(5,6)15-13(17)19-11(4)9-18-12(16)10(2)3/h11H,2,7-9H2,1,3-6H3,(H,15,17). The molecule has 0 radical (unpaired) electrons. The summed E-state index contributed by atoms with van der Waals surface area (Å²) < 4.78 is 10.0. The van der Waals surface area contributed by atoms with Crippen LogP contribution < -0.4 is 5.32 Å². The molecule has 0 aromatic carbocycles. The molecule has 0 rings (SSSR count). The summed E-state index contributed by atoms with van der Waals surface area (Å²) in [7, 11) is 0. The number of ether oxygens (including phenoxy) is 2. The molecule has 0 bridgehead atoms. The van der Waals surface area contributed by atoms with E-state index in [-0.39, 0.29) is 12.1 Å². The number of carbonyl (C=O) groups is 2. The van der Waals surface area contributed by atoms with Gasteiger partial charge in [-0.15, -0.1) is 0 Å². The molecule has 19 heavy (non-hydrogen) atoms. The van der Waals surface area contributed by atoms with Gasteiger partial charge in [0.1, 0.15) is 12.7 Å². The van der Waals surface area contributed by atoms with Gasteiger partial charge >= 0.3 is 12.1 Å². The molecule has 1 atom stereocenters. The van der Waals surface area contributed by atoms with Gasteiger partial charge in [-0.2, -0.15) is 0 Å². The Morgan fingerprint density at radius 1 is 1.37 bits per heavy atom. The lowest BCUT2D eigenvalue weighted by Gasteiger charge is -2.26. The van der Waals surface area contributed by atoms with Gasteiger partial charge in [-0.1, -0.05) is 19.9 Å². The Bertz CT molecular complexity index is 336. The first-order valence-electron chi connectivity index (χ1n) is 6.49. The molecular formula is C14H25NO4. The lowest BCUT2D eigenvalue weighted by atomic mass is 9.99. The lowest BCUT2D eigenvalue weighted by molar-refractivity contribution is -0.141. The summed E-state index contributed by atoms with van der Waals surface area (Å²) >= 11 is 0. The lowest BCUT2D eigenvalue weighted by Crippen LogP contribution is -2.44. The predicted molar refractivity (Wildman–Crippen MR) is 73.8 cm³/mol. The molecule has 5 heteroatoms. The van der Waals surface area contributed by atoms with Crippen LogP contribution in [0.4, 0.5) is 4.79 Å². The molecule has 0 aliphatic heterocycles. The van der Waals surface area contributed by atoms with E-state index in [2.05, 4.69) is 18.8 Å². The van der Waals surface area contributed by atoms with Crippen LogP contribution >= 0.6 is 0 Å². The molecule has 0 saturated heterocycles. The van der Waals surface area contributed by atoms with Crippen molar-refractivity contribution < 1.29 is 19.1 Å². The summed E-state index contributed by atoms with van der Waals surface area (Å²) in [5.41, 5.74) is 0.0145. The fraction of sp³-hybridized carbons (Fsp3) is 0.714. The molecule has 0 aromatic heterocycles. The van der Waals surface area contributed by atoms with Gasteiger partial charge in [0.15, 0.2) is 0 Å². The fourth-order valence-corrected chi connectivity index (χ4v) is 1.53. The maximum Gasteiger partial charge on any atom is 0.407 e. The smallest absolute Gasteiger partial charge is 0.407 e.